The van der Waals surface area contributed by atoms with Gasteiger partial charge in [0, 0.05) is 35.6 Å². The Morgan fingerprint density at radius 1 is 1.32 bits per heavy atom. The molecule has 1 aliphatic carbocycles. The highest BCUT2D eigenvalue weighted by Crippen LogP contribution is 2.27. The van der Waals surface area contributed by atoms with Gasteiger partial charge in [-0.3, -0.25) is 4.79 Å². The molecule has 5 nitrogen and oxygen atoms in total. The molecule has 0 radical (unpaired) electrons. The zero-order valence-electron chi connectivity index (χ0n) is 11.7. The Labute approximate surface area is 125 Å². The van der Waals surface area contributed by atoms with Gasteiger partial charge in [-0.25, -0.2) is 9.18 Å². The molecule has 1 heterocycles. The summed E-state index contributed by atoms with van der Waals surface area (Å²) in [5.74, 6) is -1.80. The number of carbonyl (C=O) groups is 2. The number of hydrogen-bond acceptors (Lipinski definition) is 3. The number of benzene rings is 1. The van der Waals surface area contributed by atoms with Gasteiger partial charge in [0.2, 0.25) is 0 Å². The second kappa shape index (κ2) is 5.63. The van der Waals surface area contributed by atoms with Crippen LogP contribution in [-0.2, 0) is 11.2 Å². The van der Waals surface area contributed by atoms with Crippen molar-refractivity contribution >= 4 is 11.8 Å². The van der Waals surface area contributed by atoms with Crippen LogP contribution in [0.25, 0.3) is 5.69 Å². The zero-order valence-corrected chi connectivity index (χ0v) is 11.7. The van der Waals surface area contributed by atoms with E-state index in [-0.39, 0.29) is 11.5 Å². The Balaban J connectivity index is 1.92. The lowest BCUT2D eigenvalue weighted by Crippen LogP contribution is -2.13. The molecule has 0 unspecified atom stereocenters. The van der Waals surface area contributed by atoms with Gasteiger partial charge in [-0.2, -0.15) is 0 Å². The lowest BCUT2D eigenvalue weighted by Gasteiger charge is -2.15. The summed E-state index contributed by atoms with van der Waals surface area (Å²) in [6, 6.07) is 6.06. The fourth-order valence-corrected chi connectivity index (χ4v) is 2.66. The summed E-state index contributed by atoms with van der Waals surface area (Å²) in [4.78, 5) is 22.3. The van der Waals surface area contributed by atoms with E-state index in [1.54, 1.807) is 22.9 Å². The van der Waals surface area contributed by atoms with E-state index in [0.29, 0.717) is 17.7 Å². The quantitative estimate of drug-likeness (QED) is 0.942. The molecular weight excluding hydrogens is 289 g/mol. The fraction of sp³-hybridized carbons (Fsp3) is 0.250. The maximum absolute atomic E-state index is 14.0. The van der Waals surface area contributed by atoms with Crippen LogP contribution >= 0.6 is 0 Å². The van der Waals surface area contributed by atoms with Gasteiger partial charge in [-0.1, -0.05) is 0 Å². The van der Waals surface area contributed by atoms with Gasteiger partial charge in [-0.05, 0) is 31.0 Å². The number of aliphatic carboxylic acids is 1. The van der Waals surface area contributed by atoms with Gasteiger partial charge in [0.05, 0.1) is 0 Å². The number of fused-ring (bicyclic) bond motifs is 1. The molecule has 114 valence electrons. The number of ether oxygens (including phenoxy) is 1. The molecule has 0 saturated heterocycles. The number of nitrogens with zero attached hydrogens (tertiary/aromatic N) is 1. The van der Waals surface area contributed by atoms with Crippen molar-refractivity contribution in [3.05, 3.63) is 47.5 Å². The monoisotopic (exact) mass is 303 g/mol. The second-order valence-corrected chi connectivity index (χ2v) is 5.12. The van der Waals surface area contributed by atoms with Crippen LogP contribution in [-0.4, -0.2) is 28.0 Å². The minimum absolute atomic E-state index is 0.108. The Bertz CT molecular complexity index is 751. The molecular formula is C16H14FNO4. The molecule has 0 saturated carbocycles. The van der Waals surface area contributed by atoms with Crippen molar-refractivity contribution in [2.24, 2.45) is 0 Å². The molecule has 1 aliphatic rings. The molecule has 0 atom stereocenters. The van der Waals surface area contributed by atoms with Crippen molar-refractivity contribution in [3.8, 4) is 11.4 Å². The van der Waals surface area contributed by atoms with Crippen molar-refractivity contribution in [1.29, 1.82) is 0 Å². The standard InChI is InChI=1S/C16H14FNO4/c17-12-8-10(4-5-15(12)22-9-16(20)21)18-7-6-11-13(18)2-1-3-14(11)19/h4-8H,1-3,9H2,(H,20,21). The van der Waals surface area contributed by atoms with Gasteiger partial charge in [-0.15, -0.1) is 0 Å². The van der Waals surface area contributed by atoms with Crippen LogP contribution < -0.4 is 4.74 Å². The van der Waals surface area contributed by atoms with E-state index in [1.807, 2.05) is 0 Å². The number of rotatable bonds is 4. The number of carbonyl (C=O) groups excluding carboxylic acids is 1. The second-order valence-electron chi connectivity index (χ2n) is 5.12. The molecule has 22 heavy (non-hydrogen) atoms. The summed E-state index contributed by atoms with van der Waals surface area (Å²) in [7, 11) is 0. The third-order valence-corrected chi connectivity index (χ3v) is 3.65. The average molecular weight is 303 g/mol. The van der Waals surface area contributed by atoms with E-state index in [1.165, 1.54) is 12.1 Å². The summed E-state index contributed by atoms with van der Waals surface area (Å²) in [6.07, 6.45) is 3.86. The van der Waals surface area contributed by atoms with Crippen LogP contribution in [0.2, 0.25) is 0 Å². The molecule has 0 bridgehead atoms. The van der Waals surface area contributed by atoms with E-state index >= 15 is 0 Å². The molecule has 0 fully saturated rings. The molecule has 1 aromatic heterocycles. The number of aromatic nitrogens is 1. The third kappa shape index (κ3) is 2.59. The van der Waals surface area contributed by atoms with E-state index in [2.05, 4.69) is 0 Å². The van der Waals surface area contributed by atoms with E-state index < -0.39 is 18.4 Å². The number of carboxylic acids is 1. The number of halogens is 1. The highest BCUT2D eigenvalue weighted by atomic mass is 19.1. The van der Waals surface area contributed by atoms with Crippen molar-refractivity contribution in [3.63, 3.8) is 0 Å². The van der Waals surface area contributed by atoms with Gasteiger partial charge in [0.25, 0.3) is 0 Å². The zero-order chi connectivity index (χ0) is 15.7. The Kier molecular flexibility index (Phi) is 3.66. The maximum atomic E-state index is 14.0. The van der Waals surface area contributed by atoms with Crippen LogP contribution in [0.1, 0.15) is 28.9 Å². The Morgan fingerprint density at radius 2 is 2.14 bits per heavy atom. The predicted octanol–water partition coefficient (Wildman–Crippen LogP) is 2.60. The van der Waals surface area contributed by atoms with E-state index in [0.717, 1.165) is 18.5 Å². The van der Waals surface area contributed by atoms with E-state index in [9.17, 15) is 14.0 Å². The summed E-state index contributed by atoms with van der Waals surface area (Å²) >= 11 is 0. The van der Waals surface area contributed by atoms with E-state index in [4.69, 9.17) is 9.84 Å². The predicted molar refractivity (Wildman–Crippen MR) is 76.1 cm³/mol. The first-order chi connectivity index (χ1) is 10.6. The lowest BCUT2D eigenvalue weighted by atomic mass is 9.97. The molecule has 2 aromatic rings. The topological polar surface area (TPSA) is 68.5 Å². The summed E-state index contributed by atoms with van der Waals surface area (Å²) in [5, 5.41) is 8.54. The number of hydrogen-bond donors (Lipinski definition) is 1. The number of Topliss-reactive ketones (excluding diaryl/α,β-unsaturated/α-hetero) is 1. The molecule has 3 rings (SSSR count). The Hall–Kier alpha value is -2.63. The minimum Gasteiger partial charge on any atom is -0.479 e. The minimum atomic E-state index is -1.17. The molecule has 6 heteroatoms. The SMILES string of the molecule is O=C(O)COc1ccc(-n2ccc3c2CCCC3=O)cc1F. The molecule has 1 N–H and O–H groups in total. The molecule has 0 aliphatic heterocycles. The Morgan fingerprint density at radius 3 is 2.86 bits per heavy atom. The first kappa shape index (κ1) is 14.3. The van der Waals surface area contributed by atoms with Crippen molar-refractivity contribution in [1.82, 2.24) is 4.57 Å². The van der Waals surface area contributed by atoms with Crippen LogP contribution in [0, 0.1) is 5.82 Å². The lowest BCUT2D eigenvalue weighted by molar-refractivity contribution is -0.139. The molecule has 1 aromatic carbocycles. The molecule has 0 spiro atoms. The van der Waals surface area contributed by atoms with Gasteiger partial charge >= 0.3 is 5.97 Å². The maximum Gasteiger partial charge on any atom is 0.341 e. The smallest absolute Gasteiger partial charge is 0.341 e. The summed E-state index contributed by atoms with van der Waals surface area (Å²) in [6.45, 7) is -0.594. The highest BCUT2D eigenvalue weighted by Gasteiger charge is 2.21. The highest BCUT2D eigenvalue weighted by molar-refractivity contribution is 5.98. The van der Waals surface area contributed by atoms with Crippen molar-refractivity contribution < 1.29 is 23.8 Å². The normalized spacial score (nSPS) is 13.8. The number of carboxylic acid groups (broad SMARTS) is 1. The van der Waals surface area contributed by atoms with Crippen molar-refractivity contribution in [2.75, 3.05) is 6.61 Å². The summed E-state index contributed by atoms with van der Waals surface area (Å²) < 4.78 is 20.7. The van der Waals surface area contributed by atoms with Crippen LogP contribution in [0.5, 0.6) is 5.75 Å². The van der Waals surface area contributed by atoms with Gasteiger partial charge < -0.3 is 14.4 Å². The van der Waals surface area contributed by atoms with Gasteiger partial charge in [0.1, 0.15) is 0 Å². The first-order valence-corrected chi connectivity index (χ1v) is 6.94. The largest absolute Gasteiger partial charge is 0.479 e. The first-order valence-electron chi connectivity index (χ1n) is 6.94. The number of ketones is 1. The summed E-state index contributed by atoms with van der Waals surface area (Å²) in [5.41, 5.74) is 2.16. The van der Waals surface area contributed by atoms with Crippen LogP contribution in [0.15, 0.2) is 30.5 Å². The van der Waals surface area contributed by atoms with Crippen LogP contribution in [0.3, 0.4) is 0 Å². The third-order valence-electron chi connectivity index (χ3n) is 3.65. The van der Waals surface area contributed by atoms with Gasteiger partial charge in [0.15, 0.2) is 24.0 Å². The average Bonchev–Trinajstić information content (AvgIpc) is 2.91. The molecule has 0 amide bonds. The van der Waals surface area contributed by atoms with Crippen molar-refractivity contribution in [2.45, 2.75) is 19.3 Å². The van der Waals surface area contributed by atoms with Crippen LogP contribution in [0.4, 0.5) is 4.39 Å². The fourth-order valence-electron chi connectivity index (χ4n) is 2.66.